The highest BCUT2D eigenvalue weighted by Gasteiger charge is 2.27. The van der Waals surface area contributed by atoms with E-state index in [-0.39, 0.29) is 0 Å². The van der Waals surface area contributed by atoms with Gasteiger partial charge in [0.25, 0.3) is 0 Å². The number of benzene rings is 1. The summed E-state index contributed by atoms with van der Waals surface area (Å²) < 4.78 is 0. The van der Waals surface area contributed by atoms with Gasteiger partial charge in [0, 0.05) is 6.54 Å². The SMILES string of the molecule is c1ccc(CCN2CCC[C@H]2c2cncc(Nc3nncs3)n2)cc1. The van der Waals surface area contributed by atoms with Gasteiger partial charge in [-0.1, -0.05) is 41.7 Å². The van der Waals surface area contributed by atoms with Crippen molar-refractivity contribution in [2.75, 3.05) is 18.4 Å². The molecule has 25 heavy (non-hydrogen) atoms. The summed E-state index contributed by atoms with van der Waals surface area (Å²) in [6.07, 6.45) is 7.01. The second-order valence-corrected chi connectivity index (χ2v) is 6.96. The molecule has 1 aliphatic heterocycles. The fourth-order valence-corrected chi connectivity index (χ4v) is 3.74. The molecule has 3 heterocycles. The molecule has 1 aromatic carbocycles. The van der Waals surface area contributed by atoms with E-state index in [0.29, 0.717) is 6.04 Å². The third-order valence-electron chi connectivity index (χ3n) is 4.48. The van der Waals surface area contributed by atoms with Crippen molar-refractivity contribution in [3.05, 3.63) is 59.5 Å². The van der Waals surface area contributed by atoms with Gasteiger partial charge in [0.15, 0.2) is 5.82 Å². The van der Waals surface area contributed by atoms with Gasteiger partial charge in [0.05, 0.1) is 24.1 Å². The highest BCUT2D eigenvalue weighted by Crippen LogP contribution is 2.31. The van der Waals surface area contributed by atoms with Crippen LogP contribution in [0.5, 0.6) is 0 Å². The van der Waals surface area contributed by atoms with Crippen molar-refractivity contribution >= 4 is 22.3 Å². The maximum absolute atomic E-state index is 4.76. The number of likely N-dealkylation sites (tertiary alicyclic amines) is 1. The van der Waals surface area contributed by atoms with Gasteiger partial charge < -0.3 is 5.32 Å². The Kier molecular flexibility index (Phi) is 4.94. The quantitative estimate of drug-likeness (QED) is 0.733. The van der Waals surface area contributed by atoms with Gasteiger partial charge in [-0.2, -0.15) is 0 Å². The topological polar surface area (TPSA) is 66.8 Å². The molecule has 1 fully saturated rings. The standard InChI is InChI=1S/C18H20N6S/c1-2-5-14(6-3-1)8-10-24-9-4-7-16(24)15-11-19-12-17(21-15)22-18-23-20-13-25-18/h1-3,5-6,11-13,16H,4,7-10H2,(H,21,22,23)/t16-/m0/s1. The highest BCUT2D eigenvalue weighted by atomic mass is 32.1. The summed E-state index contributed by atoms with van der Waals surface area (Å²) in [4.78, 5) is 11.6. The van der Waals surface area contributed by atoms with Crippen LogP contribution in [0, 0.1) is 0 Å². The minimum Gasteiger partial charge on any atom is -0.313 e. The van der Waals surface area contributed by atoms with E-state index >= 15 is 0 Å². The molecule has 3 aromatic rings. The van der Waals surface area contributed by atoms with E-state index in [4.69, 9.17) is 4.98 Å². The van der Waals surface area contributed by atoms with E-state index in [1.807, 2.05) is 6.20 Å². The third-order valence-corrected chi connectivity index (χ3v) is 5.09. The molecule has 4 rings (SSSR count). The number of nitrogens with one attached hydrogen (secondary N) is 1. The fraction of sp³-hybridized carbons (Fsp3) is 0.333. The highest BCUT2D eigenvalue weighted by molar-refractivity contribution is 7.13. The summed E-state index contributed by atoms with van der Waals surface area (Å²) in [6.45, 7) is 2.16. The predicted octanol–water partition coefficient (Wildman–Crippen LogP) is 3.45. The van der Waals surface area contributed by atoms with Crippen LogP contribution < -0.4 is 5.32 Å². The second kappa shape index (κ2) is 7.67. The summed E-state index contributed by atoms with van der Waals surface area (Å²) in [5, 5.41) is 11.7. The number of nitrogens with zero attached hydrogens (tertiary/aromatic N) is 5. The van der Waals surface area contributed by atoms with E-state index in [0.717, 1.165) is 42.6 Å². The van der Waals surface area contributed by atoms with Gasteiger partial charge in [-0.25, -0.2) is 4.98 Å². The van der Waals surface area contributed by atoms with Crippen molar-refractivity contribution in [3.8, 4) is 0 Å². The molecule has 2 aromatic heterocycles. The molecular formula is C18H20N6S. The van der Waals surface area contributed by atoms with Gasteiger partial charge in [-0.05, 0) is 31.4 Å². The molecule has 1 atom stereocenters. The molecule has 0 aliphatic carbocycles. The molecule has 0 bridgehead atoms. The van der Waals surface area contributed by atoms with Gasteiger partial charge in [0.2, 0.25) is 5.13 Å². The van der Waals surface area contributed by atoms with Crippen molar-refractivity contribution < 1.29 is 0 Å². The van der Waals surface area contributed by atoms with Crippen molar-refractivity contribution in [1.29, 1.82) is 0 Å². The molecule has 0 amide bonds. The first-order chi connectivity index (χ1) is 12.4. The number of rotatable bonds is 6. The Morgan fingerprint density at radius 2 is 2.12 bits per heavy atom. The maximum atomic E-state index is 4.76. The smallest absolute Gasteiger partial charge is 0.211 e. The predicted molar refractivity (Wildman–Crippen MR) is 98.9 cm³/mol. The van der Waals surface area contributed by atoms with Crippen LogP contribution in [-0.4, -0.2) is 38.2 Å². The lowest BCUT2D eigenvalue weighted by molar-refractivity contribution is 0.256. The van der Waals surface area contributed by atoms with E-state index in [1.54, 1.807) is 11.7 Å². The van der Waals surface area contributed by atoms with Crippen LogP contribution in [0.2, 0.25) is 0 Å². The Morgan fingerprint density at radius 3 is 2.96 bits per heavy atom. The fourth-order valence-electron chi connectivity index (χ4n) is 3.29. The minimum atomic E-state index is 0.340. The average Bonchev–Trinajstić information content (AvgIpc) is 3.33. The molecule has 6 nitrogen and oxygen atoms in total. The lowest BCUT2D eigenvalue weighted by Gasteiger charge is -2.24. The van der Waals surface area contributed by atoms with Gasteiger partial charge >= 0.3 is 0 Å². The van der Waals surface area contributed by atoms with Crippen LogP contribution in [0.1, 0.15) is 30.1 Å². The van der Waals surface area contributed by atoms with Crippen LogP contribution in [0.25, 0.3) is 0 Å². The zero-order chi connectivity index (χ0) is 16.9. The second-order valence-electron chi connectivity index (χ2n) is 6.13. The van der Waals surface area contributed by atoms with E-state index in [1.165, 1.54) is 23.3 Å². The van der Waals surface area contributed by atoms with E-state index in [9.17, 15) is 0 Å². The lowest BCUT2D eigenvalue weighted by atomic mass is 10.1. The van der Waals surface area contributed by atoms with Gasteiger partial charge in [0.1, 0.15) is 5.51 Å². The largest absolute Gasteiger partial charge is 0.313 e. The van der Waals surface area contributed by atoms with Gasteiger partial charge in [-0.15, -0.1) is 10.2 Å². The van der Waals surface area contributed by atoms with Crippen LogP contribution in [0.3, 0.4) is 0 Å². The monoisotopic (exact) mass is 352 g/mol. The van der Waals surface area contributed by atoms with Crippen LogP contribution in [-0.2, 0) is 6.42 Å². The first-order valence-electron chi connectivity index (χ1n) is 8.51. The Bertz CT molecular complexity index is 792. The normalized spacial score (nSPS) is 17.7. The average molecular weight is 352 g/mol. The first-order valence-corrected chi connectivity index (χ1v) is 9.39. The van der Waals surface area contributed by atoms with Crippen LogP contribution in [0.15, 0.2) is 48.2 Å². The third kappa shape index (κ3) is 4.00. The van der Waals surface area contributed by atoms with Crippen LogP contribution >= 0.6 is 11.3 Å². The molecule has 0 radical (unpaired) electrons. The Balaban J connectivity index is 1.44. The van der Waals surface area contributed by atoms with Crippen LogP contribution in [0.4, 0.5) is 10.9 Å². The molecule has 1 N–H and O–H groups in total. The zero-order valence-electron chi connectivity index (χ0n) is 13.9. The van der Waals surface area contributed by atoms with Crippen molar-refractivity contribution in [2.45, 2.75) is 25.3 Å². The molecular weight excluding hydrogens is 332 g/mol. The summed E-state index contributed by atoms with van der Waals surface area (Å²) in [5.41, 5.74) is 4.10. The summed E-state index contributed by atoms with van der Waals surface area (Å²) in [5.74, 6) is 0.726. The van der Waals surface area contributed by atoms with Crippen molar-refractivity contribution in [3.63, 3.8) is 0 Å². The molecule has 1 aliphatic rings. The Labute approximate surface area is 151 Å². The van der Waals surface area contributed by atoms with Gasteiger partial charge in [-0.3, -0.25) is 9.88 Å². The van der Waals surface area contributed by atoms with E-state index in [2.05, 4.69) is 55.7 Å². The molecule has 0 spiro atoms. The summed E-state index contributed by atoms with van der Waals surface area (Å²) in [6, 6.07) is 11.0. The Morgan fingerprint density at radius 1 is 1.20 bits per heavy atom. The number of hydrogen-bond acceptors (Lipinski definition) is 7. The van der Waals surface area contributed by atoms with E-state index < -0.39 is 0 Å². The molecule has 128 valence electrons. The Hall–Kier alpha value is -2.38. The van der Waals surface area contributed by atoms with Crippen molar-refractivity contribution in [2.24, 2.45) is 0 Å². The molecule has 7 heteroatoms. The minimum absolute atomic E-state index is 0.340. The van der Waals surface area contributed by atoms with Crippen molar-refractivity contribution in [1.82, 2.24) is 25.1 Å². The number of aromatic nitrogens is 4. The molecule has 0 unspecified atom stereocenters. The molecule has 1 saturated heterocycles. The number of hydrogen-bond donors (Lipinski definition) is 1. The number of anilines is 2. The first kappa shape index (κ1) is 16.1. The summed E-state index contributed by atoms with van der Waals surface area (Å²) in [7, 11) is 0. The molecule has 0 saturated carbocycles. The summed E-state index contributed by atoms with van der Waals surface area (Å²) >= 11 is 1.45. The lowest BCUT2D eigenvalue weighted by Crippen LogP contribution is -2.26. The zero-order valence-corrected chi connectivity index (χ0v) is 14.7. The maximum Gasteiger partial charge on any atom is 0.211 e.